The van der Waals surface area contributed by atoms with E-state index in [0.717, 1.165) is 12.8 Å². The number of fused-ring (bicyclic) bond motifs is 1. The van der Waals surface area contributed by atoms with Crippen LogP contribution in [0.1, 0.15) is 49.7 Å². The zero-order valence-corrected chi connectivity index (χ0v) is 20.1. The molecule has 8 nitrogen and oxygen atoms in total. The number of aromatic nitrogens is 2. The predicted octanol–water partition coefficient (Wildman–Crippen LogP) is 3.86. The number of nitrogens with one attached hydrogen (secondary N) is 1. The number of hydrogen-bond acceptors (Lipinski definition) is 7. The zero-order valence-electron chi connectivity index (χ0n) is 19.3. The van der Waals surface area contributed by atoms with Gasteiger partial charge in [-0.1, -0.05) is 25.6 Å². The van der Waals surface area contributed by atoms with Crippen LogP contribution in [0.15, 0.2) is 51.0 Å². The van der Waals surface area contributed by atoms with Crippen LogP contribution in [0.4, 0.5) is 0 Å². The predicted molar refractivity (Wildman–Crippen MR) is 128 cm³/mol. The second-order valence-corrected chi connectivity index (χ2v) is 9.26. The first-order chi connectivity index (χ1) is 15.8. The van der Waals surface area contributed by atoms with Crippen LogP contribution in [0.3, 0.4) is 0 Å². The summed E-state index contributed by atoms with van der Waals surface area (Å²) in [7, 11) is 1.29. The molecule has 0 spiro atoms. The largest absolute Gasteiger partial charge is 0.467 e. The number of ether oxygens (including phenoxy) is 1. The molecule has 0 aliphatic carbocycles. The van der Waals surface area contributed by atoms with Gasteiger partial charge in [0.05, 0.1) is 42.1 Å². The molecule has 176 valence electrons. The molecule has 0 radical (unpaired) electrons. The SMILES string of the molecule is COC(=O)c1ccc2c(=O)n(Cc3ccco3)c(SCC(=O)NC(C)CCC(C)C)nc2c1. The molecule has 1 aromatic carbocycles. The fraction of sp³-hybridized carbons (Fsp3) is 0.417. The zero-order chi connectivity index (χ0) is 24.0. The number of rotatable bonds is 10. The first-order valence-electron chi connectivity index (χ1n) is 10.9. The minimum atomic E-state index is -0.512. The summed E-state index contributed by atoms with van der Waals surface area (Å²) < 4.78 is 11.7. The highest BCUT2D eigenvalue weighted by Crippen LogP contribution is 2.20. The molecule has 1 unspecified atom stereocenters. The van der Waals surface area contributed by atoms with Gasteiger partial charge in [0.1, 0.15) is 5.76 Å². The maximum absolute atomic E-state index is 13.2. The van der Waals surface area contributed by atoms with Crippen molar-refractivity contribution < 1.29 is 18.7 Å². The van der Waals surface area contributed by atoms with E-state index in [9.17, 15) is 14.4 Å². The van der Waals surface area contributed by atoms with Crippen LogP contribution in [-0.4, -0.2) is 40.3 Å². The summed E-state index contributed by atoms with van der Waals surface area (Å²) in [5.74, 6) is 0.643. The molecule has 2 heterocycles. The van der Waals surface area contributed by atoms with Gasteiger partial charge in [0.2, 0.25) is 5.91 Å². The van der Waals surface area contributed by atoms with Crippen LogP contribution in [-0.2, 0) is 16.1 Å². The van der Waals surface area contributed by atoms with Crippen molar-refractivity contribution in [2.24, 2.45) is 5.92 Å². The number of carbonyl (C=O) groups excluding carboxylic acids is 2. The first kappa shape index (κ1) is 24.6. The molecule has 33 heavy (non-hydrogen) atoms. The third-order valence-electron chi connectivity index (χ3n) is 5.15. The average molecular weight is 472 g/mol. The number of carbonyl (C=O) groups is 2. The van der Waals surface area contributed by atoms with E-state index in [0.29, 0.717) is 33.3 Å². The topological polar surface area (TPSA) is 103 Å². The van der Waals surface area contributed by atoms with Gasteiger partial charge >= 0.3 is 5.97 Å². The summed E-state index contributed by atoms with van der Waals surface area (Å²) in [6, 6.07) is 8.21. The average Bonchev–Trinajstić information content (AvgIpc) is 3.30. The lowest BCUT2D eigenvalue weighted by Crippen LogP contribution is -2.34. The Morgan fingerprint density at radius 2 is 2.00 bits per heavy atom. The van der Waals surface area contributed by atoms with Gasteiger partial charge in [-0.3, -0.25) is 14.2 Å². The molecule has 3 rings (SSSR count). The van der Waals surface area contributed by atoms with E-state index in [1.165, 1.54) is 41.8 Å². The Balaban J connectivity index is 1.87. The Hall–Kier alpha value is -3.07. The number of hydrogen-bond donors (Lipinski definition) is 1. The van der Waals surface area contributed by atoms with Gasteiger partial charge in [0.15, 0.2) is 5.16 Å². The molecule has 2 aromatic heterocycles. The number of furan rings is 1. The normalized spacial score (nSPS) is 12.2. The van der Waals surface area contributed by atoms with Crippen molar-refractivity contribution >= 4 is 34.5 Å². The number of thioether (sulfide) groups is 1. The Bertz CT molecular complexity index is 1170. The summed E-state index contributed by atoms with van der Waals surface area (Å²) >= 11 is 1.17. The van der Waals surface area contributed by atoms with Crippen LogP contribution in [0.25, 0.3) is 10.9 Å². The number of benzene rings is 1. The molecule has 9 heteroatoms. The summed E-state index contributed by atoms with van der Waals surface area (Å²) in [6.45, 7) is 6.47. The molecule has 1 N–H and O–H groups in total. The van der Waals surface area contributed by atoms with Gasteiger partial charge in [-0.25, -0.2) is 9.78 Å². The van der Waals surface area contributed by atoms with E-state index in [1.54, 1.807) is 18.2 Å². The van der Waals surface area contributed by atoms with Crippen molar-refractivity contribution in [3.05, 3.63) is 58.3 Å². The van der Waals surface area contributed by atoms with Crippen LogP contribution >= 0.6 is 11.8 Å². The highest BCUT2D eigenvalue weighted by Gasteiger charge is 2.17. The summed E-state index contributed by atoms with van der Waals surface area (Å²) in [4.78, 5) is 42.3. The van der Waals surface area contributed by atoms with Crippen LogP contribution in [0, 0.1) is 5.92 Å². The molecule has 1 atom stereocenters. The van der Waals surface area contributed by atoms with Crippen molar-refractivity contribution in [3.63, 3.8) is 0 Å². The minimum Gasteiger partial charge on any atom is -0.467 e. The lowest BCUT2D eigenvalue weighted by Gasteiger charge is -2.16. The van der Waals surface area contributed by atoms with E-state index >= 15 is 0 Å². The van der Waals surface area contributed by atoms with Gasteiger partial charge in [0.25, 0.3) is 5.56 Å². The van der Waals surface area contributed by atoms with E-state index in [4.69, 9.17) is 9.15 Å². The molecular weight excluding hydrogens is 442 g/mol. The Morgan fingerprint density at radius 3 is 2.67 bits per heavy atom. The standard InChI is InChI=1S/C24H29N3O5S/c1-15(2)7-8-16(3)25-21(28)14-33-24-26-20-12-17(23(30)31-4)9-10-19(20)22(29)27(24)13-18-6-5-11-32-18/h5-6,9-12,15-16H,7-8,13-14H2,1-4H3,(H,25,28). The van der Waals surface area contributed by atoms with Crippen molar-refractivity contribution in [1.29, 1.82) is 0 Å². The summed E-state index contributed by atoms with van der Waals surface area (Å²) in [5.41, 5.74) is 0.390. The van der Waals surface area contributed by atoms with E-state index in [2.05, 4.69) is 24.1 Å². The van der Waals surface area contributed by atoms with Gasteiger partial charge in [0, 0.05) is 6.04 Å². The van der Waals surface area contributed by atoms with Crippen molar-refractivity contribution in [3.8, 4) is 0 Å². The Morgan fingerprint density at radius 1 is 1.21 bits per heavy atom. The maximum atomic E-state index is 13.2. The van der Waals surface area contributed by atoms with Gasteiger partial charge in [-0.05, 0) is 56.0 Å². The molecule has 3 aromatic rings. The molecular formula is C24H29N3O5S. The molecule has 0 saturated heterocycles. The van der Waals surface area contributed by atoms with Crippen molar-refractivity contribution in [1.82, 2.24) is 14.9 Å². The van der Waals surface area contributed by atoms with Gasteiger partial charge in [-0.2, -0.15) is 0 Å². The van der Waals surface area contributed by atoms with Gasteiger partial charge in [-0.15, -0.1) is 0 Å². The fourth-order valence-corrected chi connectivity index (χ4v) is 4.17. The molecule has 1 amide bonds. The highest BCUT2D eigenvalue weighted by molar-refractivity contribution is 7.99. The quantitative estimate of drug-likeness (QED) is 0.272. The van der Waals surface area contributed by atoms with E-state index in [1.807, 2.05) is 6.92 Å². The van der Waals surface area contributed by atoms with Crippen LogP contribution < -0.4 is 10.9 Å². The van der Waals surface area contributed by atoms with E-state index in [-0.39, 0.29) is 29.8 Å². The van der Waals surface area contributed by atoms with Gasteiger partial charge < -0.3 is 14.5 Å². The molecule has 0 fully saturated rings. The van der Waals surface area contributed by atoms with Crippen LogP contribution in [0.5, 0.6) is 0 Å². The molecule has 0 bridgehead atoms. The first-order valence-corrected chi connectivity index (χ1v) is 11.8. The lowest BCUT2D eigenvalue weighted by molar-refractivity contribution is -0.119. The molecule has 0 saturated carbocycles. The monoisotopic (exact) mass is 471 g/mol. The molecule has 0 aliphatic heterocycles. The second kappa shape index (κ2) is 11.2. The third kappa shape index (κ3) is 6.47. The van der Waals surface area contributed by atoms with E-state index < -0.39 is 5.97 Å². The van der Waals surface area contributed by atoms with Crippen molar-refractivity contribution in [2.75, 3.05) is 12.9 Å². The summed E-state index contributed by atoms with van der Waals surface area (Å²) in [6.07, 6.45) is 3.48. The third-order valence-corrected chi connectivity index (χ3v) is 6.13. The minimum absolute atomic E-state index is 0.0676. The van der Waals surface area contributed by atoms with Crippen LogP contribution in [0.2, 0.25) is 0 Å². The Labute approximate surface area is 196 Å². The number of nitrogens with zero attached hydrogens (tertiary/aromatic N) is 2. The fourth-order valence-electron chi connectivity index (χ4n) is 3.36. The lowest BCUT2D eigenvalue weighted by atomic mass is 10.0. The maximum Gasteiger partial charge on any atom is 0.337 e. The van der Waals surface area contributed by atoms with Crippen molar-refractivity contribution in [2.45, 2.75) is 51.4 Å². The number of amides is 1. The smallest absolute Gasteiger partial charge is 0.337 e. The number of esters is 1. The Kier molecular flexibility index (Phi) is 8.32. The summed E-state index contributed by atoms with van der Waals surface area (Å²) in [5, 5.41) is 3.74. The highest BCUT2D eigenvalue weighted by atomic mass is 32.2. The number of methoxy groups -OCH3 is 1. The molecule has 0 aliphatic rings. The second-order valence-electron chi connectivity index (χ2n) is 8.32.